The zero-order chi connectivity index (χ0) is 39.5. The molecule has 0 aliphatic heterocycles. The fraction of sp³-hybridized carbons (Fsp3) is 0.489. The van der Waals surface area contributed by atoms with Gasteiger partial charge in [-0.1, -0.05) is 133 Å². The van der Waals surface area contributed by atoms with Gasteiger partial charge in [0.25, 0.3) is 5.91 Å². The van der Waals surface area contributed by atoms with Crippen molar-refractivity contribution in [3.63, 3.8) is 0 Å². The number of hydrogen-bond donors (Lipinski definition) is 3. The van der Waals surface area contributed by atoms with Crippen molar-refractivity contribution in [2.75, 3.05) is 17.7 Å². The molecule has 0 aromatic heterocycles. The number of rotatable bonds is 27. The minimum Gasteiger partial charge on any atom is -0.465 e. The standard InChI is InChI=1S/C45H61N3O7/c1-3-4-5-6-7-8-9-10-11-12-13-14-15-16-20-26-41(49)46-38-29-27-36(28-30-38)43(51)48-40(31-32-42(50)55-34-35-22-18-17-19-23-35)44(52)47-39-25-21-24-37(33-39)45(53)54-2/h17-19,21-25,27-30,33,40H,3-16,20,26,31-32,34H2,1-2H3,(H,46,49)(H,47,52)(H,48,51)/t40-/m1/s1. The van der Waals surface area contributed by atoms with E-state index < -0.39 is 29.8 Å². The smallest absolute Gasteiger partial charge is 0.337 e. The second-order valence-corrected chi connectivity index (χ2v) is 14.1. The number of amides is 3. The number of ether oxygens (including phenoxy) is 2. The van der Waals surface area contributed by atoms with Crippen molar-refractivity contribution in [1.82, 2.24) is 5.32 Å². The van der Waals surface area contributed by atoms with Crippen molar-refractivity contribution in [2.24, 2.45) is 0 Å². The summed E-state index contributed by atoms with van der Waals surface area (Å²) < 4.78 is 10.1. The average molecular weight is 756 g/mol. The molecule has 55 heavy (non-hydrogen) atoms. The third-order valence-electron chi connectivity index (χ3n) is 9.49. The molecular formula is C45H61N3O7. The van der Waals surface area contributed by atoms with Crippen LogP contribution in [-0.2, 0) is 30.5 Å². The van der Waals surface area contributed by atoms with Crippen molar-refractivity contribution >= 4 is 41.0 Å². The normalized spacial score (nSPS) is 11.3. The van der Waals surface area contributed by atoms with Crippen LogP contribution in [0.1, 0.15) is 149 Å². The third-order valence-corrected chi connectivity index (χ3v) is 9.49. The van der Waals surface area contributed by atoms with E-state index in [1.807, 2.05) is 30.3 Å². The Bertz CT molecular complexity index is 1590. The number of benzene rings is 3. The number of nitrogens with one attached hydrogen (secondary N) is 3. The topological polar surface area (TPSA) is 140 Å². The molecule has 0 heterocycles. The van der Waals surface area contributed by atoms with E-state index in [1.165, 1.54) is 90.2 Å². The highest BCUT2D eigenvalue weighted by atomic mass is 16.5. The summed E-state index contributed by atoms with van der Waals surface area (Å²) in [4.78, 5) is 63.8. The lowest BCUT2D eigenvalue weighted by atomic mass is 10.0. The number of esters is 2. The molecule has 0 unspecified atom stereocenters. The maximum absolute atomic E-state index is 13.4. The van der Waals surface area contributed by atoms with Gasteiger partial charge in [-0.25, -0.2) is 4.79 Å². The largest absolute Gasteiger partial charge is 0.465 e. The van der Waals surface area contributed by atoms with Gasteiger partial charge in [-0.05, 0) is 60.9 Å². The highest BCUT2D eigenvalue weighted by Crippen LogP contribution is 2.17. The Labute approximate surface area is 327 Å². The molecule has 0 saturated heterocycles. The second-order valence-electron chi connectivity index (χ2n) is 14.1. The van der Waals surface area contributed by atoms with Crippen molar-refractivity contribution in [1.29, 1.82) is 0 Å². The molecule has 10 nitrogen and oxygen atoms in total. The van der Waals surface area contributed by atoms with Gasteiger partial charge in [0.05, 0.1) is 12.7 Å². The Hall–Kier alpha value is -4.99. The molecular weight excluding hydrogens is 695 g/mol. The van der Waals surface area contributed by atoms with Gasteiger partial charge >= 0.3 is 11.9 Å². The van der Waals surface area contributed by atoms with Gasteiger partial charge < -0.3 is 25.4 Å². The Morgan fingerprint density at radius 3 is 1.80 bits per heavy atom. The fourth-order valence-corrected chi connectivity index (χ4v) is 6.24. The average Bonchev–Trinajstić information content (AvgIpc) is 3.20. The van der Waals surface area contributed by atoms with E-state index in [0.717, 1.165) is 24.8 Å². The van der Waals surface area contributed by atoms with Crippen molar-refractivity contribution < 1.29 is 33.4 Å². The van der Waals surface area contributed by atoms with Crippen LogP contribution in [0.5, 0.6) is 0 Å². The Balaban J connectivity index is 1.42. The van der Waals surface area contributed by atoms with E-state index in [0.29, 0.717) is 17.8 Å². The van der Waals surface area contributed by atoms with Gasteiger partial charge in [0.2, 0.25) is 11.8 Å². The number of unbranched alkanes of at least 4 members (excludes halogenated alkanes) is 14. The first-order valence-electron chi connectivity index (χ1n) is 20.2. The van der Waals surface area contributed by atoms with Gasteiger partial charge in [0, 0.05) is 29.8 Å². The predicted octanol–water partition coefficient (Wildman–Crippen LogP) is 9.93. The van der Waals surface area contributed by atoms with Gasteiger partial charge in [0.15, 0.2) is 0 Å². The van der Waals surface area contributed by atoms with E-state index >= 15 is 0 Å². The molecule has 3 N–H and O–H groups in total. The van der Waals surface area contributed by atoms with Gasteiger partial charge in [-0.3, -0.25) is 19.2 Å². The van der Waals surface area contributed by atoms with Crippen molar-refractivity contribution in [3.8, 4) is 0 Å². The van der Waals surface area contributed by atoms with Crippen molar-refractivity contribution in [2.45, 2.75) is 135 Å². The van der Waals surface area contributed by atoms with E-state index in [2.05, 4.69) is 22.9 Å². The first-order valence-corrected chi connectivity index (χ1v) is 20.2. The highest BCUT2D eigenvalue weighted by Gasteiger charge is 2.24. The fourth-order valence-electron chi connectivity index (χ4n) is 6.24. The van der Waals surface area contributed by atoms with Crippen LogP contribution in [0.2, 0.25) is 0 Å². The summed E-state index contributed by atoms with van der Waals surface area (Å²) >= 11 is 0. The van der Waals surface area contributed by atoms with Gasteiger partial charge in [-0.15, -0.1) is 0 Å². The summed E-state index contributed by atoms with van der Waals surface area (Å²) in [7, 11) is 1.26. The Kier molecular flexibility index (Phi) is 21.6. The van der Waals surface area contributed by atoms with Crippen LogP contribution >= 0.6 is 0 Å². The molecule has 0 spiro atoms. The number of hydrogen-bond acceptors (Lipinski definition) is 7. The highest BCUT2D eigenvalue weighted by molar-refractivity contribution is 6.02. The molecule has 3 aromatic carbocycles. The minimum atomic E-state index is -1.10. The molecule has 0 radical (unpaired) electrons. The molecule has 1 atom stereocenters. The number of carbonyl (C=O) groups is 5. The molecule has 3 rings (SSSR count). The number of methoxy groups -OCH3 is 1. The molecule has 0 aliphatic rings. The van der Waals surface area contributed by atoms with E-state index in [1.54, 1.807) is 42.5 Å². The third kappa shape index (κ3) is 18.7. The molecule has 0 fully saturated rings. The molecule has 0 aliphatic carbocycles. The summed E-state index contributed by atoms with van der Waals surface area (Å²) in [5.41, 5.74) is 2.24. The van der Waals surface area contributed by atoms with Crippen LogP contribution in [-0.4, -0.2) is 42.8 Å². The first kappa shape index (κ1) is 44.4. The summed E-state index contributed by atoms with van der Waals surface area (Å²) in [6.45, 7) is 2.35. The maximum Gasteiger partial charge on any atom is 0.337 e. The molecule has 0 saturated carbocycles. The number of carbonyl (C=O) groups excluding carboxylic acids is 5. The monoisotopic (exact) mass is 755 g/mol. The van der Waals surface area contributed by atoms with Crippen LogP contribution in [0.25, 0.3) is 0 Å². The summed E-state index contributed by atoms with van der Waals surface area (Å²) in [5, 5.41) is 8.34. The maximum atomic E-state index is 13.4. The van der Waals surface area contributed by atoms with Crippen molar-refractivity contribution in [3.05, 3.63) is 95.6 Å². The lowest BCUT2D eigenvalue weighted by Gasteiger charge is -2.19. The quantitative estimate of drug-likeness (QED) is 0.0520. The second kappa shape index (κ2) is 26.7. The lowest BCUT2D eigenvalue weighted by molar-refractivity contribution is -0.145. The summed E-state index contributed by atoms with van der Waals surface area (Å²) in [5.74, 6) is -2.26. The van der Waals surface area contributed by atoms with Gasteiger partial charge in [0.1, 0.15) is 12.6 Å². The van der Waals surface area contributed by atoms with Crippen LogP contribution in [0, 0.1) is 0 Å². The van der Waals surface area contributed by atoms with E-state index in [9.17, 15) is 24.0 Å². The van der Waals surface area contributed by atoms with E-state index in [4.69, 9.17) is 9.47 Å². The van der Waals surface area contributed by atoms with Crippen LogP contribution < -0.4 is 16.0 Å². The zero-order valence-electron chi connectivity index (χ0n) is 32.9. The van der Waals surface area contributed by atoms with Crippen LogP contribution in [0.4, 0.5) is 11.4 Å². The minimum absolute atomic E-state index is 0.0324. The van der Waals surface area contributed by atoms with E-state index in [-0.39, 0.29) is 36.5 Å². The Morgan fingerprint density at radius 1 is 0.600 bits per heavy atom. The van der Waals surface area contributed by atoms with Crippen LogP contribution in [0.15, 0.2) is 78.9 Å². The van der Waals surface area contributed by atoms with Gasteiger partial charge in [-0.2, -0.15) is 0 Å². The Morgan fingerprint density at radius 2 is 1.20 bits per heavy atom. The molecule has 10 heteroatoms. The SMILES string of the molecule is CCCCCCCCCCCCCCCCCC(=O)Nc1ccc(C(=O)N[C@H](CCC(=O)OCc2ccccc2)C(=O)Nc2cccc(C(=O)OC)c2)cc1. The molecule has 3 amide bonds. The lowest BCUT2D eigenvalue weighted by Crippen LogP contribution is -2.44. The predicted molar refractivity (Wildman–Crippen MR) is 218 cm³/mol. The summed E-state index contributed by atoms with van der Waals surface area (Å²) in [6.07, 6.45) is 19.3. The molecule has 298 valence electrons. The summed E-state index contributed by atoms with van der Waals surface area (Å²) in [6, 6.07) is 20.8. The van der Waals surface area contributed by atoms with Crippen LogP contribution in [0.3, 0.4) is 0 Å². The zero-order valence-corrected chi connectivity index (χ0v) is 32.9. The first-order chi connectivity index (χ1) is 26.8. The molecule has 3 aromatic rings. The number of anilines is 2. The molecule has 0 bridgehead atoms.